The smallest absolute Gasteiger partial charge is 0.185 e. The number of aryl methyl sites for hydroxylation is 1. The molecule has 2 rings (SSSR count). The summed E-state index contributed by atoms with van der Waals surface area (Å²) in [5.41, 5.74) is 1.22. The first-order valence-electron chi connectivity index (χ1n) is 8.66. The largest absolute Gasteiger partial charge is 0.348 e. The molecule has 1 unspecified atom stereocenters. The lowest BCUT2D eigenvalue weighted by Gasteiger charge is -2.19. The van der Waals surface area contributed by atoms with Gasteiger partial charge in [-0.05, 0) is 45.1 Å². The summed E-state index contributed by atoms with van der Waals surface area (Å²) >= 11 is 1.89. The second-order valence-corrected chi connectivity index (χ2v) is 7.32. The highest BCUT2D eigenvalue weighted by Gasteiger charge is 2.19. The second-order valence-electron chi connectivity index (χ2n) is 6.25. The molecule has 4 heteroatoms. The lowest BCUT2D eigenvalue weighted by molar-refractivity contribution is 0.435. The number of nitrogens with one attached hydrogen (secondary N) is 1. The van der Waals surface area contributed by atoms with E-state index in [1.807, 2.05) is 11.3 Å². The fraction of sp³-hybridized carbons (Fsp3) is 0.824. The van der Waals surface area contributed by atoms with E-state index in [9.17, 15) is 0 Å². The third-order valence-corrected chi connectivity index (χ3v) is 5.63. The predicted molar refractivity (Wildman–Crippen MR) is 93.3 cm³/mol. The van der Waals surface area contributed by atoms with Gasteiger partial charge in [-0.2, -0.15) is 0 Å². The summed E-state index contributed by atoms with van der Waals surface area (Å²) in [7, 11) is 0. The molecule has 0 amide bonds. The van der Waals surface area contributed by atoms with Gasteiger partial charge in [-0.15, -0.1) is 11.3 Å². The first-order valence-corrected chi connectivity index (χ1v) is 9.48. The van der Waals surface area contributed by atoms with E-state index in [4.69, 9.17) is 4.98 Å². The van der Waals surface area contributed by atoms with Crippen molar-refractivity contribution in [1.82, 2.24) is 10.3 Å². The molecule has 0 aromatic carbocycles. The van der Waals surface area contributed by atoms with E-state index in [0.29, 0.717) is 0 Å². The van der Waals surface area contributed by atoms with Crippen molar-refractivity contribution in [2.45, 2.75) is 65.8 Å². The monoisotopic (exact) mass is 309 g/mol. The van der Waals surface area contributed by atoms with E-state index >= 15 is 0 Å². The Morgan fingerprint density at radius 2 is 2.10 bits per heavy atom. The van der Waals surface area contributed by atoms with Crippen molar-refractivity contribution < 1.29 is 0 Å². The van der Waals surface area contributed by atoms with Crippen LogP contribution in [0.15, 0.2) is 0 Å². The van der Waals surface area contributed by atoms with E-state index in [1.165, 1.54) is 67.3 Å². The third kappa shape index (κ3) is 4.96. The summed E-state index contributed by atoms with van der Waals surface area (Å²) < 4.78 is 0. The molecule has 1 saturated heterocycles. The Kier molecular flexibility index (Phi) is 6.97. The molecule has 3 nitrogen and oxygen atoms in total. The molecule has 1 aliphatic rings. The van der Waals surface area contributed by atoms with Crippen LogP contribution in [0.5, 0.6) is 0 Å². The Balaban J connectivity index is 1.93. The maximum Gasteiger partial charge on any atom is 0.185 e. The summed E-state index contributed by atoms with van der Waals surface area (Å²) in [5, 5.41) is 4.74. The fourth-order valence-electron chi connectivity index (χ4n) is 3.14. The molecule has 0 saturated carbocycles. The van der Waals surface area contributed by atoms with E-state index < -0.39 is 0 Å². The van der Waals surface area contributed by atoms with Gasteiger partial charge in [0, 0.05) is 24.5 Å². The number of aromatic nitrogens is 1. The molecule has 1 aliphatic heterocycles. The molecule has 1 atom stereocenters. The SMILES string of the molecule is CCCNCc1sc(N2CCCC(CCC)CC2)nc1C. The quantitative estimate of drug-likeness (QED) is 0.759. The first kappa shape index (κ1) is 16.8. The summed E-state index contributed by atoms with van der Waals surface area (Å²) in [6, 6.07) is 0. The third-order valence-electron chi connectivity index (χ3n) is 4.41. The average molecular weight is 310 g/mol. The zero-order valence-electron chi connectivity index (χ0n) is 14.0. The Labute approximate surface area is 134 Å². The molecule has 1 fully saturated rings. The topological polar surface area (TPSA) is 28.2 Å². The molecule has 2 heterocycles. The Morgan fingerprint density at radius 3 is 2.86 bits per heavy atom. The van der Waals surface area contributed by atoms with Crippen LogP contribution < -0.4 is 10.2 Å². The van der Waals surface area contributed by atoms with Crippen LogP contribution in [0.4, 0.5) is 5.13 Å². The van der Waals surface area contributed by atoms with Crippen LogP contribution in [-0.2, 0) is 6.54 Å². The van der Waals surface area contributed by atoms with Crippen LogP contribution in [0, 0.1) is 12.8 Å². The minimum atomic E-state index is 0.937. The number of thiazole rings is 1. The molecule has 0 spiro atoms. The normalized spacial score (nSPS) is 19.8. The summed E-state index contributed by atoms with van der Waals surface area (Å²) in [4.78, 5) is 8.76. The van der Waals surface area contributed by atoms with E-state index in [2.05, 4.69) is 31.0 Å². The van der Waals surface area contributed by atoms with Crippen LogP contribution in [0.1, 0.15) is 62.9 Å². The highest BCUT2D eigenvalue weighted by Crippen LogP contribution is 2.30. The van der Waals surface area contributed by atoms with E-state index in [0.717, 1.165) is 19.0 Å². The van der Waals surface area contributed by atoms with Crippen molar-refractivity contribution in [3.63, 3.8) is 0 Å². The van der Waals surface area contributed by atoms with Crippen molar-refractivity contribution in [2.75, 3.05) is 24.5 Å². The zero-order chi connectivity index (χ0) is 15.1. The minimum absolute atomic E-state index is 0.937. The van der Waals surface area contributed by atoms with Gasteiger partial charge < -0.3 is 10.2 Å². The standard InChI is InChI=1S/C17H31N3S/c1-4-7-15-8-6-11-20(12-9-15)17-19-14(3)16(21-17)13-18-10-5-2/h15,18H,4-13H2,1-3H3. The van der Waals surface area contributed by atoms with Crippen LogP contribution in [0.2, 0.25) is 0 Å². The van der Waals surface area contributed by atoms with E-state index in [-0.39, 0.29) is 0 Å². The van der Waals surface area contributed by atoms with Crippen molar-refractivity contribution in [3.05, 3.63) is 10.6 Å². The van der Waals surface area contributed by atoms with Gasteiger partial charge >= 0.3 is 0 Å². The lowest BCUT2D eigenvalue weighted by atomic mass is 9.96. The number of anilines is 1. The van der Waals surface area contributed by atoms with Gasteiger partial charge in [-0.25, -0.2) is 4.98 Å². The van der Waals surface area contributed by atoms with Crippen molar-refractivity contribution in [3.8, 4) is 0 Å². The van der Waals surface area contributed by atoms with Gasteiger partial charge in [0.2, 0.25) is 0 Å². The summed E-state index contributed by atoms with van der Waals surface area (Å²) in [6.45, 7) is 11.1. The number of rotatable bonds is 7. The number of nitrogens with zero attached hydrogens (tertiary/aromatic N) is 2. The highest BCUT2D eigenvalue weighted by molar-refractivity contribution is 7.15. The minimum Gasteiger partial charge on any atom is -0.348 e. The predicted octanol–water partition coefficient (Wildman–Crippen LogP) is 4.36. The average Bonchev–Trinajstić information content (AvgIpc) is 2.70. The molecule has 21 heavy (non-hydrogen) atoms. The highest BCUT2D eigenvalue weighted by atomic mass is 32.1. The zero-order valence-corrected chi connectivity index (χ0v) is 14.8. The lowest BCUT2D eigenvalue weighted by Crippen LogP contribution is -2.24. The Morgan fingerprint density at radius 1 is 1.24 bits per heavy atom. The van der Waals surface area contributed by atoms with Gasteiger partial charge in [-0.1, -0.05) is 26.7 Å². The number of hydrogen-bond donors (Lipinski definition) is 1. The van der Waals surface area contributed by atoms with Gasteiger partial charge in [0.05, 0.1) is 5.69 Å². The molecular weight excluding hydrogens is 278 g/mol. The van der Waals surface area contributed by atoms with Gasteiger partial charge in [0.15, 0.2) is 5.13 Å². The van der Waals surface area contributed by atoms with Crippen molar-refractivity contribution in [2.24, 2.45) is 5.92 Å². The van der Waals surface area contributed by atoms with Crippen LogP contribution in [0.3, 0.4) is 0 Å². The molecule has 1 aromatic rings. The van der Waals surface area contributed by atoms with Gasteiger partial charge in [-0.3, -0.25) is 0 Å². The van der Waals surface area contributed by atoms with Crippen molar-refractivity contribution >= 4 is 16.5 Å². The Bertz CT molecular complexity index is 416. The summed E-state index contributed by atoms with van der Waals surface area (Å²) in [6.07, 6.45) is 7.99. The maximum atomic E-state index is 4.83. The molecule has 1 aromatic heterocycles. The van der Waals surface area contributed by atoms with Crippen LogP contribution in [-0.4, -0.2) is 24.6 Å². The molecule has 120 valence electrons. The first-order chi connectivity index (χ1) is 10.2. The van der Waals surface area contributed by atoms with E-state index in [1.54, 1.807) is 0 Å². The van der Waals surface area contributed by atoms with Crippen LogP contribution >= 0.6 is 11.3 Å². The van der Waals surface area contributed by atoms with Crippen LogP contribution in [0.25, 0.3) is 0 Å². The number of hydrogen-bond acceptors (Lipinski definition) is 4. The molecular formula is C17H31N3S. The van der Waals surface area contributed by atoms with Gasteiger partial charge in [0.1, 0.15) is 0 Å². The van der Waals surface area contributed by atoms with Gasteiger partial charge in [0.25, 0.3) is 0 Å². The summed E-state index contributed by atoms with van der Waals surface area (Å²) in [5.74, 6) is 0.937. The maximum absolute atomic E-state index is 4.83. The molecule has 1 N–H and O–H groups in total. The Hall–Kier alpha value is -0.610. The molecule has 0 radical (unpaired) electrons. The molecule has 0 aliphatic carbocycles. The second kappa shape index (κ2) is 8.74. The van der Waals surface area contributed by atoms with Crippen molar-refractivity contribution in [1.29, 1.82) is 0 Å². The fourth-order valence-corrected chi connectivity index (χ4v) is 4.23. The molecule has 0 bridgehead atoms.